The first kappa shape index (κ1) is 14.7. The minimum Gasteiger partial charge on any atom is -0.497 e. The summed E-state index contributed by atoms with van der Waals surface area (Å²) in [6, 6.07) is 7.38. The maximum atomic E-state index is 12.1. The minimum atomic E-state index is -0.271. The van der Waals surface area contributed by atoms with Crippen molar-refractivity contribution in [2.24, 2.45) is 5.92 Å². The molecular weight excluding hydrogens is 254 g/mol. The van der Waals surface area contributed by atoms with Crippen molar-refractivity contribution in [3.63, 3.8) is 0 Å². The van der Waals surface area contributed by atoms with Gasteiger partial charge >= 0.3 is 5.97 Å². The molecule has 1 fully saturated rings. The third kappa shape index (κ3) is 3.65. The Morgan fingerprint density at radius 2 is 2.00 bits per heavy atom. The predicted octanol–water partition coefficient (Wildman–Crippen LogP) is 3.23. The minimum absolute atomic E-state index is 0.181. The molecule has 2 rings (SSSR count). The van der Waals surface area contributed by atoms with E-state index in [0.717, 1.165) is 24.3 Å². The number of hydrogen-bond acceptors (Lipinski definition) is 4. The average Bonchev–Trinajstić information content (AvgIpc) is 2.53. The van der Waals surface area contributed by atoms with E-state index in [1.165, 1.54) is 26.4 Å². The topological polar surface area (TPSA) is 47.6 Å². The molecule has 1 atom stereocenters. The number of hydrogen-bond donors (Lipinski definition) is 1. The van der Waals surface area contributed by atoms with Crippen molar-refractivity contribution in [1.82, 2.24) is 0 Å². The molecule has 1 aromatic rings. The molecule has 0 radical (unpaired) electrons. The first-order valence-corrected chi connectivity index (χ1v) is 7.23. The molecule has 0 aromatic heterocycles. The van der Waals surface area contributed by atoms with Gasteiger partial charge in [0.2, 0.25) is 0 Å². The van der Waals surface area contributed by atoms with Crippen LogP contribution in [0, 0.1) is 5.92 Å². The van der Waals surface area contributed by atoms with Gasteiger partial charge in [-0.3, -0.25) is 0 Å². The van der Waals surface area contributed by atoms with Gasteiger partial charge in [0, 0.05) is 11.8 Å². The van der Waals surface area contributed by atoms with E-state index in [-0.39, 0.29) is 12.0 Å². The van der Waals surface area contributed by atoms with Crippen molar-refractivity contribution < 1.29 is 14.3 Å². The van der Waals surface area contributed by atoms with Crippen LogP contribution in [0.15, 0.2) is 24.3 Å². The Kier molecular flexibility index (Phi) is 5.27. The molecular formula is C16H23NO3. The SMILES string of the molecule is COC(=O)C(Nc1cccc(OC)c1)C1CCCCC1. The number of nitrogens with one attached hydrogen (secondary N) is 1. The largest absolute Gasteiger partial charge is 0.497 e. The zero-order valence-electron chi connectivity index (χ0n) is 12.2. The molecule has 0 amide bonds. The van der Waals surface area contributed by atoms with Gasteiger partial charge in [-0.2, -0.15) is 0 Å². The van der Waals surface area contributed by atoms with Gasteiger partial charge in [-0.05, 0) is 30.9 Å². The lowest BCUT2D eigenvalue weighted by Gasteiger charge is -2.29. The molecule has 1 aromatic carbocycles. The molecule has 1 aliphatic rings. The van der Waals surface area contributed by atoms with Gasteiger partial charge in [0.25, 0.3) is 0 Å². The van der Waals surface area contributed by atoms with Gasteiger partial charge in [-0.1, -0.05) is 25.3 Å². The molecule has 20 heavy (non-hydrogen) atoms. The summed E-state index contributed by atoms with van der Waals surface area (Å²) in [5, 5.41) is 3.32. The molecule has 0 bridgehead atoms. The van der Waals surface area contributed by atoms with Crippen LogP contribution < -0.4 is 10.1 Å². The first-order chi connectivity index (χ1) is 9.74. The Hall–Kier alpha value is -1.71. The number of benzene rings is 1. The Morgan fingerprint density at radius 1 is 1.25 bits per heavy atom. The molecule has 1 saturated carbocycles. The van der Waals surface area contributed by atoms with Crippen LogP contribution in [-0.4, -0.2) is 26.2 Å². The molecule has 4 heteroatoms. The van der Waals surface area contributed by atoms with Gasteiger partial charge in [-0.25, -0.2) is 4.79 Å². The fourth-order valence-corrected chi connectivity index (χ4v) is 2.86. The molecule has 1 N–H and O–H groups in total. The second-order valence-electron chi connectivity index (χ2n) is 5.28. The quantitative estimate of drug-likeness (QED) is 0.839. The van der Waals surface area contributed by atoms with Crippen LogP contribution >= 0.6 is 0 Å². The van der Waals surface area contributed by atoms with Gasteiger partial charge in [-0.15, -0.1) is 0 Å². The Morgan fingerprint density at radius 3 is 2.65 bits per heavy atom. The van der Waals surface area contributed by atoms with E-state index in [0.29, 0.717) is 5.92 Å². The smallest absolute Gasteiger partial charge is 0.328 e. The van der Waals surface area contributed by atoms with E-state index >= 15 is 0 Å². The zero-order valence-corrected chi connectivity index (χ0v) is 12.2. The van der Waals surface area contributed by atoms with Gasteiger partial charge in [0.05, 0.1) is 14.2 Å². The van der Waals surface area contributed by atoms with Gasteiger partial charge in [0.15, 0.2) is 0 Å². The van der Waals surface area contributed by atoms with Crippen LogP contribution in [0.5, 0.6) is 5.75 Å². The number of rotatable bonds is 5. The molecule has 110 valence electrons. The maximum absolute atomic E-state index is 12.1. The highest BCUT2D eigenvalue weighted by Gasteiger charge is 2.30. The molecule has 0 saturated heterocycles. The molecule has 4 nitrogen and oxygen atoms in total. The third-order valence-electron chi connectivity index (χ3n) is 3.97. The van der Waals surface area contributed by atoms with Crippen molar-refractivity contribution in [1.29, 1.82) is 0 Å². The van der Waals surface area contributed by atoms with Crippen LogP contribution in [0.2, 0.25) is 0 Å². The highest BCUT2D eigenvalue weighted by atomic mass is 16.5. The van der Waals surface area contributed by atoms with Crippen molar-refractivity contribution >= 4 is 11.7 Å². The monoisotopic (exact) mass is 277 g/mol. The van der Waals surface area contributed by atoms with Crippen LogP contribution in [0.25, 0.3) is 0 Å². The summed E-state index contributed by atoms with van der Waals surface area (Å²) in [5.74, 6) is 0.949. The Bertz CT molecular complexity index is 441. The van der Waals surface area contributed by atoms with Crippen LogP contribution in [0.1, 0.15) is 32.1 Å². The first-order valence-electron chi connectivity index (χ1n) is 7.23. The summed E-state index contributed by atoms with van der Waals surface area (Å²) in [7, 11) is 3.09. The summed E-state index contributed by atoms with van der Waals surface area (Å²) in [6.07, 6.45) is 5.81. The summed E-state index contributed by atoms with van der Waals surface area (Å²) >= 11 is 0. The van der Waals surface area contributed by atoms with Crippen LogP contribution in [-0.2, 0) is 9.53 Å². The third-order valence-corrected chi connectivity index (χ3v) is 3.97. The number of carbonyl (C=O) groups excluding carboxylic acids is 1. The lowest BCUT2D eigenvalue weighted by atomic mass is 9.83. The lowest BCUT2D eigenvalue weighted by molar-refractivity contribution is -0.143. The second kappa shape index (κ2) is 7.17. The maximum Gasteiger partial charge on any atom is 0.328 e. The summed E-state index contributed by atoms with van der Waals surface area (Å²) in [4.78, 5) is 12.1. The number of esters is 1. The van der Waals surface area contributed by atoms with E-state index in [1.54, 1.807) is 7.11 Å². The number of anilines is 1. The normalized spacial score (nSPS) is 17.3. The highest BCUT2D eigenvalue weighted by molar-refractivity contribution is 5.79. The summed E-state index contributed by atoms with van der Waals surface area (Å²) < 4.78 is 10.2. The highest BCUT2D eigenvalue weighted by Crippen LogP contribution is 2.29. The second-order valence-corrected chi connectivity index (χ2v) is 5.28. The van der Waals surface area contributed by atoms with E-state index < -0.39 is 0 Å². The Labute approximate surface area is 120 Å². The van der Waals surface area contributed by atoms with Gasteiger partial charge < -0.3 is 14.8 Å². The van der Waals surface area contributed by atoms with Crippen LogP contribution in [0.3, 0.4) is 0 Å². The lowest BCUT2D eigenvalue weighted by Crippen LogP contribution is -2.38. The zero-order chi connectivity index (χ0) is 14.4. The molecule has 1 aliphatic carbocycles. The van der Waals surface area contributed by atoms with Crippen molar-refractivity contribution in [3.05, 3.63) is 24.3 Å². The van der Waals surface area contributed by atoms with E-state index in [4.69, 9.17) is 9.47 Å². The number of methoxy groups -OCH3 is 2. The molecule has 0 spiro atoms. The molecule has 0 heterocycles. The molecule has 0 aliphatic heterocycles. The fourth-order valence-electron chi connectivity index (χ4n) is 2.86. The van der Waals surface area contributed by atoms with Crippen molar-refractivity contribution in [2.45, 2.75) is 38.1 Å². The van der Waals surface area contributed by atoms with E-state index in [1.807, 2.05) is 24.3 Å². The summed E-state index contributed by atoms with van der Waals surface area (Å²) in [5.41, 5.74) is 0.894. The standard InChI is InChI=1S/C16H23NO3/c1-19-14-10-6-9-13(11-14)17-15(16(18)20-2)12-7-4-3-5-8-12/h6,9-12,15,17H,3-5,7-8H2,1-2H3. The van der Waals surface area contributed by atoms with Crippen LogP contribution in [0.4, 0.5) is 5.69 Å². The molecule has 1 unspecified atom stereocenters. The average molecular weight is 277 g/mol. The van der Waals surface area contributed by atoms with E-state index in [9.17, 15) is 4.79 Å². The number of ether oxygens (including phenoxy) is 2. The fraction of sp³-hybridized carbons (Fsp3) is 0.562. The Balaban J connectivity index is 2.11. The predicted molar refractivity (Wildman–Crippen MR) is 79.0 cm³/mol. The summed E-state index contributed by atoms with van der Waals surface area (Å²) in [6.45, 7) is 0. The number of carbonyl (C=O) groups is 1. The van der Waals surface area contributed by atoms with Gasteiger partial charge in [0.1, 0.15) is 11.8 Å². The van der Waals surface area contributed by atoms with Crippen molar-refractivity contribution in [3.8, 4) is 5.75 Å². The van der Waals surface area contributed by atoms with E-state index in [2.05, 4.69) is 5.32 Å². The van der Waals surface area contributed by atoms with Crippen molar-refractivity contribution in [2.75, 3.05) is 19.5 Å².